The maximum absolute atomic E-state index is 12.1. The van der Waals surface area contributed by atoms with Gasteiger partial charge >= 0.3 is 0 Å². The topological polar surface area (TPSA) is 20.3 Å². The van der Waals surface area contributed by atoms with E-state index in [-0.39, 0.29) is 5.91 Å². The summed E-state index contributed by atoms with van der Waals surface area (Å²) in [6, 6.07) is 0. The molecule has 2 nitrogen and oxygen atoms in total. The lowest BCUT2D eigenvalue weighted by Crippen LogP contribution is -2.30. The molecule has 2 heteroatoms. The molecule has 0 rings (SSSR count). The van der Waals surface area contributed by atoms with Crippen LogP contribution >= 0.6 is 0 Å². The van der Waals surface area contributed by atoms with Gasteiger partial charge in [-0.3, -0.25) is 4.79 Å². The van der Waals surface area contributed by atoms with Gasteiger partial charge in [0.2, 0.25) is 5.91 Å². The first kappa shape index (κ1) is 18.7. The van der Waals surface area contributed by atoms with Crippen LogP contribution in [0.5, 0.6) is 0 Å². The number of nitrogens with zero attached hydrogens (tertiary/aromatic N) is 1. The summed E-state index contributed by atoms with van der Waals surface area (Å²) in [6.07, 6.45) is 9.32. The standard InChI is InChI=1S/C18H31NO/c1-7-12-19(18(20)14-16(4)5)13-11-17(6)10-8-9-15(2)3/h9,11,14H,7-8,10,12-13H2,1-6H3. The quantitative estimate of drug-likeness (QED) is 0.457. The first-order chi connectivity index (χ1) is 9.36. The Balaban J connectivity index is 4.48. The number of hydrogen-bond acceptors (Lipinski definition) is 1. The Morgan fingerprint density at radius 1 is 1.00 bits per heavy atom. The maximum Gasteiger partial charge on any atom is 0.246 e. The SMILES string of the molecule is CCCN(CC=C(C)CCC=C(C)C)C(=O)C=C(C)C. The zero-order chi connectivity index (χ0) is 15.5. The molecule has 20 heavy (non-hydrogen) atoms. The van der Waals surface area contributed by atoms with E-state index < -0.39 is 0 Å². The van der Waals surface area contributed by atoms with E-state index >= 15 is 0 Å². The van der Waals surface area contributed by atoms with Gasteiger partial charge in [0, 0.05) is 19.2 Å². The first-order valence-corrected chi connectivity index (χ1v) is 7.59. The van der Waals surface area contributed by atoms with Crippen molar-refractivity contribution in [1.82, 2.24) is 4.90 Å². The van der Waals surface area contributed by atoms with Crippen LogP contribution in [0.2, 0.25) is 0 Å². The van der Waals surface area contributed by atoms with Gasteiger partial charge in [-0.05, 0) is 53.9 Å². The van der Waals surface area contributed by atoms with Gasteiger partial charge in [-0.2, -0.15) is 0 Å². The van der Waals surface area contributed by atoms with Crippen molar-refractivity contribution >= 4 is 5.91 Å². The molecule has 0 heterocycles. The summed E-state index contributed by atoms with van der Waals surface area (Å²) in [5.74, 6) is 0.125. The van der Waals surface area contributed by atoms with Crippen LogP contribution in [0.25, 0.3) is 0 Å². The molecular weight excluding hydrogens is 246 g/mol. The molecule has 0 fully saturated rings. The van der Waals surface area contributed by atoms with Crippen LogP contribution in [0.3, 0.4) is 0 Å². The molecule has 0 aliphatic rings. The van der Waals surface area contributed by atoms with Crippen LogP contribution in [0.1, 0.15) is 60.8 Å². The normalized spacial score (nSPS) is 11.0. The predicted octanol–water partition coefficient (Wildman–Crippen LogP) is 4.88. The predicted molar refractivity (Wildman–Crippen MR) is 88.7 cm³/mol. The molecule has 0 aromatic carbocycles. The number of rotatable bonds is 8. The highest BCUT2D eigenvalue weighted by Crippen LogP contribution is 2.07. The molecule has 0 saturated carbocycles. The molecule has 0 radical (unpaired) electrons. The van der Waals surface area contributed by atoms with Gasteiger partial charge in [-0.1, -0.05) is 35.8 Å². The molecule has 0 aliphatic carbocycles. The molecule has 0 unspecified atom stereocenters. The van der Waals surface area contributed by atoms with Crippen LogP contribution in [0.4, 0.5) is 0 Å². The van der Waals surface area contributed by atoms with Crippen LogP contribution < -0.4 is 0 Å². The number of carbonyl (C=O) groups is 1. The Kier molecular flexibility index (Phi) is 9.79. The third kappa shape index (κ3) is 9.60. The molecule has 0 aliphatic heterocycles. The zero-order valence-corrected chi connectivity index (χ0v) is 14.1. The maximum atomic E-state index is 12.1. The van der Waals surface area contributed by atoms with Crippen molar-refractivity contribution in [3.05, 3.63) is 34.9 Å². The second-order valence-corrected chi connectivity index (χ2v) is 5.88. The zero-order valence-electron chi connectivity index (χ0n) is 14.1. The van der Waals surface area contributed by atoms with Gasteiger partial charge in [-0.25, -0.2) is 0 Å². The molecule has 0 bridgehead atoms. The fourth-order valence-electron chi connectivity index (χ4n) is 1.86. The Morgan fingerprint density at radius 3 is 2.15 bits per heavy atom. The van der Waals surface area contributed by atoms with E-state index in [1.807, 2.05) is 18.7 Å². The van der Waals surface area contributed by atoms with E-state index in [0.717, 1.165) is 37.9 Å². The van der Waals surface area contributed by atoms with Crippen molar-refractivity contribution < 1.29 is 4.79 Å². The van der Waals surface area contributed by atoms with Crippen molar-refractivity contribution in [2.45, 2.75) is 60.8 Å². The third-order valence-corrected chi connectivity index (χ3v) is 2.97. The van der Waals surface area contributed by atoms with Crippen LogP contribution in [0.15, 0.2) is 34.9 Å². The van der Waals surface area contributed by atoms with Gasteiger partial charge in [-0.15, -0.1) is 0 Å². The highest BCUT2D eigenvalue weighted by atomic mass is 16.2. The molecular formula is C18H31NO. The Morgan fingerprint density at radius 2 is 1.65 bits per heavy atom. The summed E-state index contributed by atoms with van der Waals surface area (Å²) in [7, 11) is 0. The number of allylic oxidation sites excluding steroid dienone is 4. The fraction of sp³-hybridized carbons (Fsp3) is 0.611. The average molecular weight is 277 g/mol. The second-order valence-electron chi connectivity index (χ2n) is 5.88. The van der Waals surface area contributed by atoms with Gasteiger partial charge in [0.1, 0.15) is 0 Å². The highest BCUT2D eigenvalue weighted by molar-refractivity contribution is 5.88. The average Bonchev–Trinajstić information content (AvgIpc) is 2.32. The number of amides is 1. The van der Waals surface area contributed by atoms with Gasteiger partial charge in [0.25, 0.3) is 0 Å². The van der Waals surface area contributed by atoms with E-state index in [2.05, 4.69) is 39.8 Å². The van der Waals surface area contributed by atoms with Crippen molar-refractivity contribution in [3.63, 3.8) is 0 Å². The van der Waals surface area contributed by atoms with Crippen molar-refractivity contribution in [2.24, 2.45) is 0 Å². The minimum atomic E-state index is 0.125. The lowest BCUT2D eigenvalue weighted by molar-refractivity contribution is -0.125. The van der Waals surface area contributed by atoms with E-state index in [1.165, 1.54) is 11.1 Å². The van der Waals surface area contributed by atoms with Crippen LogP contribution in [0, 0.1) is 0 Å². The first-order valence-electron chi connectivity index (χ1n) is 7.59. The lowest BCUT2D eigenvalue weighted by Gasteiger charge is -2.19. The molecule has 114 valence electrons. The summed E-state index contributed by atoms with van der Waals surface area (Å²) in [6.45, 7) is 14.0. The van der Waals surface area contributed by atoms with E-state index in [9.17, 15) is 4.79 Å². The van der Waals surface area contributed by atoms with Gasteiger partial charge in [0.15, 0.2) is 0 Å². The molecule has 0 spiro atoms. The summed E-state index contributed by atoms with van der Waals surface area (Å²) in [4.78, 5) is 14.0. The summed E-state index contributed by atoms with van der Waals surface area (Å²) >= 11 is 0. The molecule has 0 atom stereocenters. The van der Waals surface area contributed by atoms with Crippen molar-refractivity contribution in [3.8, 4) is 0 Å². The van der Waals surface area contributed by atoms with Crippen molar-refractivity contribution in [1.29, 1.82) is 0 Å². The minimum absolute atomic E-state index is 0.125. The Bertz CT molecular complexity index is 380. The minimum Gasteiger partial charge on any atom is -0.335 e. The van der Waals surface area contributed by atoms with Crippen LogP contribution in [-0.4, -0.2) is 23.9 Å². The lowest BCUT2D eigenvalue weighted by atomic mass is 10.1. The van der Waals surface area contributed by atoms with E-state index in [1.54, 1.807) is 6.08 Å². The summed E-state index contributed by atoms with van der Waals surface area (Å²) in [5, 5.41) is 0. The van der Waals surface area contributed by atoms with E-state index in [0.29, 0.717) is 0 Å². The Labute approximate surface area is 125 Å². The number of hydrogen-bond donors (Lipinski definition) is 0. The molecule has 0 N–H and O–H groups in total. The third-order valence-electron chi connectivity index (χ3n) is 2.97. The number of carbonyl (C=O) groups excluding carboxylic acids is 1. The van der Waals surface area contributed by atoms with Crippen LogP contribution in [-0.2, 0) is 4.79 Å². The fourth-order valence-corrected chi connectivity index (χ4v) is 1.86. The molecule has 1 amide bonds. The van der Waals surface area contributed by atoms with Gasteiger partial charge < -0.3 is 4.90 Å². The Hall–Kier alpha value is -1.31. The summed E-state index contributed by atoms with van der Waals surface area (Å²) < 4.78 is 0. The van der Waals surface area contributed by atoms with Gasteiger partial charge in [0.05, 0.1) is 0 Å². The summed E-state index contributed by atoms with van der Waals surface area (Å²) in [5.41, 5.74) is 3.78. The molecule has 0 saturated heterocycles. The van der Waals surface area contributed by atoms with E-state index in [4.69, 9.17) is 0 Å². The largest absolute Gasteiger partial charge is 0.335 e. The molecule has 0 aromatic heterocycles. The monoisotopic (exact) mass is 277 g/mol. The van der Waals surface area contributed by atoms with Crippen molar-refractivity contribution in [2.75, 3.05) is 13.1 Å². The highest BCUT2D eigenvalue weighted by Gasteiger charge is 2.08. The smallest absolute Gasteiger partial charge is 0.246 e. The molecule has 0 aromatic rings. The second kappa shape index (κ2) is 10.5.